The second-order valence-corrected chi connectivity index (χ2v) is 25.0. The Hall–Kier alpha value is -5.89. The van der Waals surface area contributed by atoms with Gasteiger partial charge in [-0.05, 0) is 155 Å². The van der Waals surface area contributed by atoms with Crippen LogP contribution in [0.4, 0.5) is 11.5 Å². The number of para-hydroxylation sites is 1. The summed E-state index contributed by atoms with van der Waals surface area (Å²) in [4.78, 5) is 53.6. The van der Waals surface area contributed by atoms with Crippen LogP contribution in [0.2, 0.25) is 0 Å². The van der Waals surface area contributed by atoms with Gasteiger partial charge in [0.1, 0.15) is 10.8 Å². The number of rotatable bonds is 25. The number of allylic oxidation sites excluding steroid dienone is 2. The Labute approximate surface area is 466 Å². The van der Waals surface area contributed by atoms with E-state index in [0.717, 1.165) is 83.4 Å². The molecule has 2 bridgehead atoms. The molecule has 418 valence electrons. The van der Waals surface area contributed by atoms with E-state index in [4.69, 9.17) is 20.1 Å². The molecule has 7 unspecified atom stereocenters. The van der Waals surface area contributed by atoms with Crippen LogP contribution >= 0.6 is 11.3 Å². The molecule has 3 aromatic carbocycles. The first-order chi connectivity index (χ1) is 37.3. The minimum atomic E-state index is -2.09. The van der Waals surface area contributed by atoms with Gasteiger partial charge in [0.05, 0.1) is 34.2 Å². The summed E-state index contributed by atoms with van der Waals surface area (Å²) in [7, 11) is 3.67. The van der Waals surface area contributed by atoms with Crippen LogP contribution in [0.15, 0.2) is 84.6 Å². The molecular formula is C60H79N9O7S2. The number of ether oxygens (including phenoxy) is 1. The number of aromatic nitrogens is 2. The molecule has 8 rings (SSSR count). The zero-order valence-electron chi connectivity index (χ0n) is 46.4. The van der Waals surface area contributed by atoms with E-state index >= 15 is 0 Å². The largest absolute Gasteiger partial charge is 0.476 e. The SMILES string of the molecule is CNCCCC(NC)C(=O)Nc1ccc(CC(C)C(=O)N(CCOC23CC(C)CC(C)(CC(C)(CN/C(C)=C(\C=N)c4ccc(N5CCc6cccc(-c7nc8ccccc8s7)c6C5)nc4C(=O)O)C2)C3)CCS(=O)O)cc1. The lowest BCUT2D eigenvalue weighted by atomic mass is 9.51. The van der Waals surface area contributed by atoms with E-state index in [9.17, 15) is 28.3 Å². The Morgan fingerprint density at radius 1 is 1.00 bits per heavy atom. The van der Waals surface area contributed by atoms with Crippen LogP contribution in [0.3, 0.4) is 0 Å². The average Bonchev–Trinajstić information content (AvgIpc) is 3.84. The van der Waals surface area contributed by atoms with Gasteiger partial charge in [0, 0.05) is 72.9 Å². The molecule has 0 saturated heterocycles. The third-order valence-corrected chi connectivity index (χ3v) is 17.7. The molecule has 0 spiro atoms. The third-order valence-electron chi connectivity index (χ3n) is 16.1. The van der Waals surface area contributed by atoms with Gasteiger partial charge in [-0.25, -0.2) is 19.0 Å². The van der Waals surface area contributed by atoms with Crippen LogP contribution < -0.4 is 26.2 Å². The smallest absolute Gasteiger partial charge is 0.355 e. The lowest BCUT2D eigenvalue weighted by Gasteiger charge is -2.59. The Bertz CT molecular complexity index is 2990. The molecule has 1 aliphatic heterocycles. The first-order valence-electron chi connectivity index (χ1n) is 27.5. The first-order valence-corrected chi connectivity index (χ1v) is 29.6. The highest BCUT2D eigenvalue weighted by molar-refractivity contribution is 7.79. The lowest BCUT2D eigenvalue weighted by molar-refractivity contribution is -0.177. The van der Waals surface area contributed by atoms with Crippen molar-refractivity contribution in [3.63, 3.8) is 0 Å². The number of amides is 2. The van der Waals surface area contributed by atoms with E-state index in [1.54, 1.807) is 29.4 Å². The number of carbonyl (C=O) groups is 3. The Morgan fingerprint density at radius 3 is 2.50 bits per heavy atom. The molecule has 7 N–H and O–H groups in total. The number of thiazole rings is 1. The molecule has 0 radical (unpaired) electrons. The molecule has 2 saturated carbocycles. The van der Waals surface area contributed by atoms with Crippen LogP contribution in [0, 0.1) is 28.1 Å². The molecule has 78 heavy (non-hydrogen) atoms. The van der Waals surface area contributed by atoms with E-state index in [-0.39, 0.29) is 59.8 Å². The summed E-state index contributed by atoms with van der Waals surface area (Å²) < 4.78 is 29.9. The summed E-state index contributed by atoms with van der Waals surface area (Å²) in [6.07, 6.45) is 8.49. The maximum atomic E-state index is 14.1. The normalized spacial score (nSPS) is 22.4. The van der Waals surface area contributed by atoms with Gasteiger partial charge in [-0.15, -0.1) is 11.3 Å². The highest BCUT2D eigenvalue weighted by Gasteiger charge is 2.55. The predicted molar refractivity (Wildman–Crippen MR) is 314 cm³/mol. The number of nitrogens with zero attached hydrogens (tertiary/aromatic N) is 4. The molecule has 7 atom stereocenters. The number of likely N-dealkylation sites (N-methyl/N-ethyl adjacent to an activating group) is 1. The Balaban J connectivity index is 0.923. The Morgan fingerprint density at radius 2 is 1.78 bits per heavy atom. The van der Waals surface area contributed by atoms with E-state index in [0.29, 0.717) is 66.7 Å². The predicted octanol–water partition coefficient (Wildman–Crippen LogP) is 9.43. The van der Waals surface area contributed by atoms with Crippen LogP contribution in [0.5, 0.6) is 0 Å². The first kappa shape index (κ1) is 58.3. The highest BCUT2D eigenvalue weighted by Crippen LogP contribution is 2.60. The van der Waals surface area contributed by atoms with Crippen molar-refractivity contribution in [1.82, 2.24) is 30.8 Å². The number of anilines is 2. The van der Waals surface area contributed by atoms with E-state index in [1.807, 2.05) is 69.4 Å². The third kappa shape index (κ3) is 14.1. The average molecular weight is 1100 g/mol. The number of benzene rings is 3. The fourth-order valence-electron chi connectivity index (χ4n) is 13.2. The maximum Gasteiger partial charge on any atom is 0.355 e. The molecule has 18 heteroatoms. The van der Waals surface area contributed by atoms with Gasteiger partial charge in [0.2, 0.25) is 11.8 Å². The molecule has 2 amide bonds. The van der Waals surface area contributed by atoms with Crippen LogP contribution in [0.25, 0.3) is 26.4 Å². The molecular weight excluding hydrogens is 1020 g/mol. The van der Waals surface area contributed by atoms with Gasteiger partial charge in [0.25, 0.3) is 0 Å². The number of nitrogens with one attached hydrogen (secondary N) is 5. The van der Waals surface area contributed by atoms with Crippen molar-refractivity contribution in [1.29, 1.82) is 5.41 Å². The molecule has 16 nitrogen and oxygen atoms in total. The monoisotopic (exact) mass is 1100 g/mol. The Kier molecular flexibility index (Phi) is 19.0. The highest BCUT2D eigenvalue weighted by atomic mass is 32.2. The minimum Gasteiger partial charge on any atom is -0.476 e. The van der Waals surface area contributed by atoms with Gasteiger partial charge < -0.3 is 50.9 Å². The van der Waals surface area contributed by atoms with Gasteiger partial charge in [-0.1, -0.05) is 70.2 Å². The van der Waals surface area contributed by atoms with E-state index < -0.39 is 28.6 Å². The lowest BCUT2D eigenvalue weighted by Crippen LogP contribution is -2.56. The molecule has 3 aliphatic rings. The number of carbonyl (C=O) groups excluding carboxylic acids is 2. The van der Waals surface area contributed by atoms with Crippen molar-refractivity contribution in [3.8, 4) is 10.6 Å². The van der Waals surface area contributed by atoms with E-state index in [1.165, 1.54) is 11.8 Å². The van der Waals surface area contributed by atoms with E-state index in [2.05, 4.69) is 71.2 Å². The number of aromatic carboxylic acids is 1. The summed E-state index contributed by atoms with van der Waals surface area (Å²) >= 11 is -0.419. The summed E-state index contributed by atoms with van der Waals surface area (Å²) in [5.41, 5.74) is 6.73. The van der Waals surface area contributed by atoms with Gasteiger partial charge in [-0.2, -0.15) is 0 Å². The zero-order chi connectivity index (χ0) is 55.8. The van der Waals surface area contributed by atoms with Crippen LogP contribution in [-0.2, 0) is 44.8 Å². The molecule has 2 aromatic heterocycles. The summed E-state index contributed by atoms with van der Waals surface area (Å²) in [6.45, 7) is 14.0. The van der Waals surface area contributed by atoms with Crippen molar-refractivity contribution in [2.45, 2.75) is 111 Å². The maximum absolute atomic E-state index is 14.1. The second-order valence-electron chi connectivity index (χ2n) is 22.9. The second kappa shape index (κ2) is 25.5. The number of hydrogen-bond acceptors (Lipinski definition) is 13. The van der Waals surface area contributed by atoms with Crippen molar-refractivity contribution in [2.24, 2.45) is 22.7 Å². The standard InChI is InChI=1S/C60H79N9O7S2/c1-39-31-58(4)35-59(5,37-60(32-39,36-58)76-28-26-68(27-29-78(74)75)56(71)40(2)30-42-17-19-44(20-18-42)65-54(70)50(63-7)15-11-24-62-6)38-64-41(3)47(33-61)45-21-22-52(67-53(45)57(72)73)69-25-23-43-12-10-13-46(48(43)34-69)55-66-49-14-8-9-16-51(49)77-55/h8-10,12-14,16-22,33,39-40,50,61-64H,11,15,23-32,34-38H2,1-7H3,(H,65,70)(H,72,73)(H,74,75)/b47-41+,61-33?. The van der Waals surface area contributed by atoms with Crippen LogP contribution in [-0.4, -0.2) is 124 Å². The van der Waals surface area contributed by atoms with Crippen molar-refractivity contribution in [3.05, 3.63) is 113 Å². The van der Waals surface area contributed by atoms with Gasteiger partial charge in [0.15, 0.2) is 16.8 Å². The van der Waals surface area contributed by atoms with Gasteiger partial charge >= 0.3 is 5.97 Å². The fraction of sp³-hybridized carbons (Fsp3) is 0.500. The van der Waals surface area contributed by atoms with Crippen molar-refractivity contribution in [2.75, 3.05) is 69.4 Å². The fourth-order valence-corrected chi connectivity index (χ4v) is 14.6. The minimum absolute atomic E-state index is 0.0220. The summed E-state index contributed by atoms with van der Waals surface area (Å²) in [6, 6.07) is 25.4. The topological polar surface area (TPSA) is 222 Å². The van der Waals surface area contributed by atoms with Crippen LogP contribution in [0.1, 0.15) is 112 Å². The zero-order valence-corrected chi connectivity index (χ0v) is 48.0. The summed E-state index contributed by atoms with van der Waals surface area (Å²) in [5, 5.41) is 33.0. The quantitative estimate of drug-likeness (QED) is 0.0165. The number of hydrogen-bond donors (Lipinski definition) is 7. The number of pyridine rings is 1. The molecule has 5 aromatic rings. The van der Waals surface area contributed by atoms with Gasteiger partial charge in [-0.3, -0.25) is 9.59 Å². The van der Waals surface area contributed by atoms with Crippen molar-refractivity contribution < 1.29 is 33.0 Å². The molecule has 2 aliphatic carbocycles. The number of carboxylic acids is 1. The molecule has 3 heterocycles. The molecule has 2 fully saturated rings. The number of carboxylic acid groups (broad SMARTS) is 1. The summed E-state index contributed by atoms with van der Waals surface area (Å²) in [5.74, 6) is -0.893. The number of fused-ring (bicyclic) bond motifs is 4. The van der Waals surface area contributed by atoms with Crippen molar-refractivity contribution >= 4 is 73.7 Å².